The molecule has 0 saturated carbocycles. The topological polar surface area (TPSA) is 9.23 Å². The zero-order chi connectivity index (χ0) is 10.3. The first-order valence-electron chi connectivity index (χ1n) is 5.24. The molecule has 0 fully saturated rings. The van der Waals surface area contributed by atoms with Crippen LogP contribution in [0.4, 0.5) is 0 Å². The highest BCUT2D eigenvalue weighted by atomic mass is 16.5. The van der Waals surface area contributed by atoms with E-state index < -0.39 is 0 Å². The molecular weight excluding hydrogens is 172 g/mol. The van der Waals surface area contributed by atoms with Crippen molar-refractivity contribution in [3.63, 3.8) is 0 Å². The molecule has 1 aromatic carbocycles. The van der Waals surface area contributed by atoms with Gasteiger partial charge in [0.05, 0.1) is 12.2 Å². The van der Waals surface area contributed by atoms with Crippen LogP contribution in [0.15, 0.2) is 24.3 Å². The summed E-state index contributed by atoms with van der Waals surface area (Å²) >= 11 is 0. The molecule has 2 atom stereocenters. The Balaban J connectivity index is 2.44. The van der Waals surface area contributed by atoms with Crippen LogP contribution in [0.3, 0.4) is 0 Å². The largest absolute Gasteiger partial charge is 0.365 e. The summed E-state index contributed by atoms with van der Waals surface area (Å²) < 4.78 is 6.00. The molecule has 2 rings (SSSR count). The Labute approximate surface area is 86.1 Å². The Kier molecular flexibility index (Phi) is 2.15. The highest BCUT2D eigenvalue weighted by Crippen LogP contribution is 2.47. The van der Waals surface area contributed by atoms with Gasteiger partial charge >= 0.3 is 0 Å². The van der Waals surface area contributed by atoms with E-state index in [2.05, 4.69) is 52.0 Å². The van der Waals surface area contributed by atoms with E-state index in [1.165, 1.54) is 11.1 Å². The quantitative estimate of drug-likeness (QED) is 0.603. The Morgan fingerprint density at radius 3 is 2.21 bits per heavy atom. The number of benzene rings is 1. The van der Waals surface area contributed by atoms with Gasteiger partial charge in [0, 0.05) is 0 Å². The van der Waals surface area contributed by atoms with Crippen molar-refractivity contribution in [3.05, 3.63) is 35.4 Å². The van der Waals surface area contributed by atoms with E-state index in [9.17, 15) is 0 Å². The molecule has 0 aromatic heterocycles. The lowest BCUT2D eigenvalue weighted by atomic mass is 9.84. The van der Waals surface area contributed by atoms with Gasteiger partial charge in [-0.3, -0.25) is 0 Å². The molecule has 0 bridgehead atoms. The van der Waals surface area contributed by atoms with Gasteiger partial charge in [-0.1, -0.05) is 45.0 Å². The van der Waals surface area contributed by atoms with Crippen LogP contribution in [0, 0.1) is 5.41 Å². The van der Waals surface area contributed by atoms with E-state index in [-0.39, 0.29) is 17.6 Å². The molecule has 0 radical (unpaired) electrons. The third kappa shape index (κ3) is 1.46. The summed E-state index contributed by atoms with van der Waals surface area (Å²) in [6, 6.07) is 8.54. The molecule has 1 nitrogen and oxygen atoms in total. The molecule has 1 aliphatic rings. The SMILES string of the molecule is CC1OC(C(C)(C)C)c2ccccc21. The molecule has 0 amide bonds. The third-order valence-corrected chi connectivity index (χ3v) is 2.84. The minimum atomic E-state index is 0.181. The summed E-state index contributed by atoms with van der Waals surface area (Å²) in [7, 11) is 0. The average Bonchev–Trinajstić information content (AvgIpc) is 2.44. The molecule has 0 spiro atoms. The molecule has 0 N–H and O–H groups in total. The lowest BCUT2D eigenvalue weighted by molar-refractivity contribution is -0.0395. The van der Waals surface area contributed by atoms with Crippen molar-refractivity contribution in [1.29, 1.82) is 0 Å². The minimum Gasteiger partial charge on any atom is -0.365 e. The number of hydrogen-bond acceptors (Lipinski definition) is 1. The predicted molar refractivity (Wildman–Crippen MR) is 58.1 cm³/mol. The zero-order valence-corrected chi connectivity index (χ0v) is 9.37. The fourth-order valence-electron chi connectivity index (χ4n) is 2.14. The molecular formula is C13H18O. The third-order valence-electron chi connectivity index (χ3n) is 2.84. The molecule has 0 saturated heterocycles. The standard InChI is InChI=1S/C13H18O/c1-9-10-7-5-6-8-11(10)12(14-9)13(2,3)4/h5-9,12H,1-4H3. The molecule has 1 aliphatic heterocycles. The molecule has 76 valence electrons. The minimum absolute atomic E-state index is 0.181. The zero-order valence-electron chi connectivity index (χ0n) is 9.37. The molecule has 0 aliphatic carbocycles. The van der Waals surface area contributed by atoms with Crippen molar-refractivity contribution in [2.24, 2.45) is 5.41 Å². The lowest BCUT2D eigenvalue weighted by Crippen LogP contribution is -2.17. The van der Waals surface area contributed by atoms with Crippen molar-refractivity contribution >= 4 is 0 Å². The number of ether oxygens (including phenoxy) is 1. The fourth-order valence-corrected chi connectivity index (χ4v) is 2.14. The maximum atomic E-state index is 6.00. The summed E-state index contributed by atoms with van der Waals surface area (Å²) in [4.78, 5) is 0. The van der Waals surface area contributed by atoms with E-state index in [1.54, 1.807) is 0 Å². The smallest absolute Gasteiger partial charge is 0.0884 e. The van der Waals surface area contributed by atoms with Gasteiger partial charge in [-0.05, 0) is 23.5 Å². The second-order valence-corrected chi connectivity index (χ2v) is 5.15. The first-order valence-corrected chi connectivity index (χ1v) is 5.24. The Hall–Kier alpha value is -0.820. The highest BCUT2D eigenvalue weighted by Gasteiger charge is 2.36. The number of rotatable bonds is 0. The van der Waals surface area contributed by atoms with Crippen molar-refractivity contribution in [1.82, 2.24) is 0 Å². The average molecular weight is 190 g/mol. The second-order valence-electron chi connectivity index (χ2n) is 5.15. The van der Waals surface area contributed by atoms with E-state index in [1.807, 2.05) is 0 Å². The van der Waals surface area contributed by atoms with Crippen LogP contribution in [0.1, 0.15) is 51.0 Å². The molecule has 2 unspecified atom stereocenters. The maximum absolute atomic E-state index is 6.00. The predicted octanol–water partition coefficient (Wildman–Crippen LogP) is 3.87. The molecule has 1 aromatic rings. The Morgan fingerprint density at radius 2 is 1.64 bits per heavy atom. The summed E-state index contributed by atoms with van der Waals surface area (Å²) in [6.07, 6.45) is 0.490. The van der Waals surface area contributed by atoms with Crippen LogP contribution in [0.25, 0.3) is 0 Å². The van der Waals surface area contributed by atoms with Gasteiger partial charge in [-0.2, -0.15) is 0 Å². The van der Waals surface area contributed by atoms with Gasteiger partial charge in [0.1, 0.15) is 0 Å². The summed E-state index contributed by atoms with van der Waals surface area (Å²) in [6.45, 7) is 8.82. The van der Waals surface area contributed by atoms with Gasteiger partial charge in [0.25, 0.3) is 0 Å². The maximum Gasteiger partial charge on any atom is 0.0884 e. The number of hydrogen-bond donors (Lipinski definition) is 0. The van der Waals surface area contributed by atoms with Crippen LogP contribution in [-0.4, -0.2) is 0 Å². The van der Waals surface area contributed by atoms with Crippen LogP contribution in [0.2, 0.25) is 0 Å². The first kappa shape index (κ1) is 9.72. The van der Waals surface area contributed by atoms with Crippen LogP contribution >= 0.6 is 0 Å². The van der Waals surface area contributed by atoms with Crippen molar-refractivity contribution in [2.75, 3.05) is 0 Å². The van der Waals surface area contributed by atoms with Crippen LogP contribution < -0.4 is 0 Å². The van der Waals surface area contributed by atoms with Crippen molar-refractivity contribution in [2.45, 2.75) is 39.9 Å². The highest BCUT2D eigenvalue weighted by molar-refractivity contribution is 5.35. The van der Waals surface area contributed by atoms with Gasteiger partial charge in [0.2, 0.25) is 0 Å². The van der Waals surface area contributed by atoms with Gasteiger partial charge < -0.3 is 4.74 Å². The van der Waals surface area contributed by atoms with E-state index in [0.717, 1.165) is 0 Å². The van der Waals surface area contributed by atoms with Gasteiger partial charge in [-0.15, -0.1) is 0 Å². The Morgan fingerprint density at radius 1 is 1.07 bits per heavy atom. The molecule has 14 heavy (non-hydrogen) atoms. The summed E-state index contributed by atoms with van der Waals surface area (Å²) in [5.41, 5.74) is 2.90. The Bertz CT molecular complexity index is 335. The lowest BCUT2D eigenvalue weighted by Gasteiger charge is -2.27. The summed E-state index contributed by atoms with van der Waals surface area (Å²) in [5, 5.41) is 0. The summed E-state index contributed by atoms with van der Waals surface area (Å²) in [5.74, 6) is 0. The van der Waals surface area contributed by atoms with E-state index >= 15 is 0 Å². The van der Waals surface area contributed by atoms with E-state index in [4.69, 9.17) is 4.74 Å². The normalized spacial score (nSPS) is 26.3. The van der Waals surface area contributed by atoms with Crippen molar-refractivity contribution in [3.8, 4) is 0 Å². The molecule has 1 heterocycles. The molecule has 1 heteroatoms. The van der Waals surface area contributed by atoms with E-state index in [0.29, 0.717) is 0 Å². The monoisotopic (exact) mass is 190 g/mol. The first-order chi connectivity index (χ1) is 6.50. The van der Waals surface area contributed by atoms with Crippen LogP contribution in [-0.2, 0) is 4.74 Å². The van der Waals surface area contributed by atoms with Crippen LogP contribution in [0.5, 0.6) is 0 Å². The number of fused-ring (bicyclic) bond motifs is 1. The fraction of sp³-hybridized carbons (Fsp3) is 0.538. The second kappa shape index (κ2) is 3.09. The van der Waals surface area contributed by atoms with Crippen molar-refractivity contribution < 1.29 is 4.74 Å². The van der Waals surface area contributed by atoms with Gasteiger partial charge in [-0.25, -0.2) is 0 Å². The van der Waals surface area contributed by atoms with Gasteiger partial charge in [0.15, 0.2) is 0 Å².